The molecule has 0 spiro atoms. The molecule has 47 heavy (non-hydrogen) atoms. The minimum absolute atomic E-state index is 0. The first-order valence-corrected chi connectivity index (χ1v) is 16.9. The zero-order valence-electron chi connectivity index (χ0n) is 26.6. The SMILES string of the molecule is COc1ccc2c(c1)CN(Cc1cccc(C(=O)[O-])c1)CCS2.COc1ccc2c(c1)CN(Cc1cccc(C(=O)[O-])c1)CCS2.[Mg+2]. The minimum Gasteiger partial charge on any atom is -0.545 e. The number of carbonyl (C=O) groups excluding carboxylic acids is 2. The standard InChI is InChI=1S/2C18H19NO3S.Mg/c2*1-22-16-5-6-17-15(10-16)12-19(7-8-23-17)11-13-3-2-4-14(9-13)18(20)21;/h2*2-6,9-10H,7-8,11-12H2,1H3,(H,20,21);/q;;+2/p-2. The fourth-order valence-electron chi connectivity index (χ4n) is 5.48. The maximum absolute atomic E-state index is 11.0. The van der Waals surface area contributed by atoms with Crippen molar-refractivity contribution < 1.29 is 29.3 Å². The molecule has 0 atom stereocenters. The molecular weight excluding hydrogens is 645 g/mol. The van der Waals surface area contributed by atoms with E-state index in [0.717, 1.165) is 73.4 Å². The number of nitrogens with zero attached hydrogens (tertiary/aromatic N) is 2. The van der Waals surface area contributed by atoms with Crippen molar-refractivity contribution in [2.45, 2.75) is 36.0 Å². The Morgan fingerprint density at radius 3 is 1.47 bits per heavy atom. The molecule has 0 bridgehead atoms. The van der Waals surface area contributed by atoms with E-state index >= 15 is 0 Å². The van der Waals surface area contributed by atoms with Crippen molar-refractivity contribution in [1.82, 2.24) is 9.80 Å². The fraction of sp³-hybridized carbons (Fsp3) is 0.278. The van der Waals surface area contributed by atoms with Crippen molar-refractivity contribution in [3.8, 4) is 11.5 Å². The molecule has 4 aromatic rings. The van der Waals surface area contributed by atoms with Crippen LogP contribution in [-0.2, 0) is 26.2 Å². The second-order valence-corrected chi connectivity index (χ2v) is 13.3. The second-order valence-electron chi connectivity index (χ2n) is 11.0. The van der Waals surface area contributed by atoms with Crippen LogP contribution >= 0.6 is 23.5 Å². The summed E-state index contributed by atoms with van der Waals surface area (Å²) in [6.07, 6.45) is 0. The number of fused-ring (bicyclic) bond motifs is 2. The van der Waals surface area contributed by atoms with Gasteiger partial charge in [0.05, 0.1) is 26.2 Å². The van der Waals surface area contributed by atoms with Gasteiger partial charge in [-0.15, -0.1) is 23.5 Å². The van der Waals surface area contributed by atoms with Gasteiger partial charge in [-0.3, -0.25) is 9.80 Å². The summed E-state index contributed by atoms with van der Waals surface area (Å²) in [5, 5.41) is 22.0. The number of carbonyl (C=O) groups is 2. The van der Waals surface area contributed by atoms with Crippen LogP contribution in [0.15, 0.2) is 94.7 Å². The van der Waals surface area contributed by atoms with Crippen LogP contribution in [-0.4, -0.2) is 83.6 Å². The number of carboxylic acid groups (broad SMARTS) is 2. The Kier molecular flexibility index (Phi) is 13.9. The van der Waals surface area contributed by atoms with Crippen molar-refractivity contribution in [3.63, 3.8) is 0 Å². The maximum atomic E-state index is 11.0. The fourth-order valence-corrected chi connectivity index (χ4v) is 7.57. The molecule has 0 N–H and O–H groups in total. The van der Waals surface area contributed by atoms with E-state index in [9.17, 15) is 19.8 Å². The van der Waals surface area contributed by atoms with E-state index in [1.807, 2.05) is 47.8 Å². The number of hydrogen-bond acceptors (Lipinski definition) is 10. The number of thioether (sulfide) groups is 2. The van der Waals surface area contributed by atoms with E-state index in [0.29, 0.717) is 0 Å². The Morgan fingerprint density at radius 2 is 1.09 bits per heavy atom. The Labute approximate surface area is 300 Å². The molecule has 0 fully saturated rings. The van der Waals surface area contributed by atoms with Crippen LogP contribution in [0, 0.1) is 0 Å². The van der Waals surface area contributed by atoms with Crippen molar-refractivity contribution in [3.05, 3.63) is 118 Å². The molecule has 11 heteroatoms. The predicted octanol–water partition coefficient (Wildman–Crippen LogP) is 3.95. The van der Waals surface area contributed by atoms with Crippen LogP contribution in [0.3, 0.4) is 0 Å². The van der Waals surface area contributed by atoms with E-state index in [-0.39, 0.29) is 34.2 Å². The summed E-state index contributed by atoms with van der Waals surface area (Å²) in [6.45, 7) is 5.01. The summed E-state index contributed by atoms with van der Waals surface area (Å²) >= 11 is 3.70. The van der Waals surface area contributed by atoms with Crippen LogP contribution in [0.25, 0.3) is 0 Å². The molecule has 0 unspecified atom stereocenters. The molecule has 8 nitrogen and oxygen atoms in total. The molecule has 0 aromatic heterocycles. The van der Waals surface area contributed by atoms with Crippen LogP contribution in [0.5, 0.6) is 11.5 Å². The quantitative estimate of drug-likeness (QED) is 0.254. The van der Waals surface area contributed by atoms with Gasteiger partial charge >= 0.3 is 23.1 Å². The second kappa shape index (κ2) is 17.8. The number of aromatic carboxylic acids is 2. The maximum Gasteiger partial charge on any atom is 2.00 e. The van der Waals surface area contributed by atoms with Crippen molar-refractivity contribution in [1.29, 1.82) is 0 Å². The molecule has 0 amide bonds. The number of carboxylic acids is 2. The summed E-state index contributed by atoms with van der Waals surface area (Å²) in [5.41, 5.74) is 4.94. The monoisotopic (exact) mass is 680 g/mol. The molecule has 0 saturated carbocycles. The van der Waals surface area contributed by atoms with E-state index in [4.69, 9.17) is 9.47 Å². The molecule has 2 aliphatic rings. The number of ether oxygens (including phenoxy) is 2. The third-order valence-corrected chi connectivity index (χ3v) is 9.98. The molecule has 2 aliphatic heterocycles. The zero-order valence-corrected chi connectivity index (χ0v) is 29.7. The van der Waals surface area contributed by atoms with E-state index in [2.05, 4.69) is 34.1 Å². The predicted molar refractivity (Wildman–Crippen MR) is 183 cm³/mol. The van der Waals surface area contributed by atoms with Gasteiger partial charge < -0.3 is 29.3 Å². The van der Waals surface area contributed by atoms with Gasteiger partial charge in [0.2, 0.25) is 0 Å². The molecule has 2 heterocycles. The molecule has 6 rings (SSSR count). The largest absolute Gasteiger partial charge is 2.00 e. The van der Waals surface area contributed by atoms with Crippen molar-refractivity contribution >= 4 is 58.5 Å². The van der Waals surface area contributed by atoms with E-state index in [1.165, 1.54) is 20.9 Å². The molecular formula is C36H36MgN2O6S2. The van der Waals surface area contributed by atoms with Crippen LogP contribution in [0.1, 0.15) is 43.0 Å². The van der Waals surface area contributed by atoms with Gasteiger partial charge in [-0.25, -0.2) is 0 Å². The normalized spacial score (nSPS) is 14.5. The Bertz CT molecular complexity index is 1560. The van der Waals surface area contributed by atoms with Crippen molar-refractivity contribution in [2.24, 2.45) is 0 Å². The Balaban J connectivity index is 0.000000208. The van der Waals surface area contributed by atoms with Crippen LogP contribution < -0.4 is 19.7 Å². The summed E-state index contributed by atoms with van der Waals surface area (Å²) in [6, 6.07) is 26.3. The van der Waals surface area contributed by atoms with Gasteiger partial charge in [0.1, 0.15) is 11.5 Å². The average Bonchev–Trinajstić information content (AvgIpc) is 3.39. The third-order valence-electron chi connectivity index (χ3n) is 7.79. The summed E-state index contributed by atoms with van der Waals surface area (Å²) in [5.74, 6) is 1.50. The topological polar surface area (TPSA) is 105 Å². The molecule has 0 radical (unpaired) electrons. The van der Waals surface area contributed by atoms with E-state index in [1.54, 1.807) is 50.6 Å². The first kappa shape index (κ1) is 36.6. The smallest absolute Gasteiger partial charge is 0.545 e. The summed E-state index contributed by atoms with van der Waals surface area (Å²) in [7, 11) is 3.35. The summed E-state index contributed by atoms with van der Waals surface area (Å²) in [4.78, 5) is 29.2. The van der Waals surface area contributed by atoms with Gasteiger partial charge in [0, 0.05) is 60.6 Å². The molecule has 0 aliphatic carbocycles. The molecule has 0 saturated heterocycles. The zero-order chi connectivity index (χ0) is 32.5. The number of hydrogen-bond donors (Lipinski definition) is 0. The van der Waals surface area contributed by atoms with Gasteiger partial charge in [0.15, 0.2) is 0 Å². The minimum atomic E-state index is -1.13. The van der Waals surface area contributed by atoms with Gasteiger partial charge in [-0.05, 0) is 81.9 Å². The Hall–Kier alpha value is -3.19. The Morgan fingerprint density at radius 1 is 0.660 bits per heavy atom. The van der Waals surface area contributed by atoms with Gasteiger partial charge in [-0.1, -0.05) is 36.4 Å². The first-order valence-electron chi connectivity index (χ1n) is 15.0. The number of benzene rings is 4. The molecule has 4 aromatic carbocycles. The van der Waals surface area contributed by atoms with E-state index < -0.39 is 11.9 Å². The van der Waals surface area contributed by atoms with Crippen LogP contribution in [0.4, 0.5) is 0 Å². The van der Waals surface area contributed by atoms with Crippen LogP contribution in [0.2, 0.25) is 0 Å². The first-order chi connectivity index (χ1) is 22.3. The third kappa shape index (κ3) is 10.4. The van der Waals surface area contributed by atoms with Gasteiger partial charge in [-0.2, -0.15) is 0 Å². The van der Waals surface area contributed by atoms with Crippen molar-refractivity contribution in [2.75, 3.05) is 38.8 Å². The van der Waals surface area contributed by atoms with Gasteiger partial charge in [0.25, 0.3) is 0 Å². The number of rotatable bonds is 8. The average molecular weight is 681 g/mol. The number of methoxy groups -OCH3 is 2. The molecule has 240 valence electrons. The summed E-state index contributed by atoms with van der Waals surface area (Å²) < 4.78 is 10.6.